The van der Waals surface area contributed by atoms with Crippen molar-refractivity contribution in [3.63, 3.8) is 0 Å². The van der Waals surface area contributed by atoms with Gasteiger partial charge in [0, 0.05) is 26.2 Å². The maximum Gasteiger partial charge on any atom is 0.338 e. The number of aliphatic hydroxyl groups excluding tert-OH is 2. The van der Waals surface area contributed by atoms with Crippen molar-refractivity contribution >= 4 is 17.9 Å². The Kier molecular flexibility index (Phi) is 8.06. The van der Waals surface area contributed by atoms with E-state index in [-0.39, 0.29) is 18.4 Å². The minimum absolute atomic E-state index is 0.0166. The topological polar surface area (TPSA) is 140 Å². The number of hydrogen-bond acceptors (Lipinski definition) is 9. The molecule has 0 amide bonds. The van der Waals surface area contributed by atoms with E-state index in [0.29, 0.717) is 16.7 Å². The molecule has 3 aliphatic carbocycles. The maximum absolute atomic E-state index is 13.5. The van der Waals surface area contributed by atoms with E-state index in [0.717, 1.165) is 0 Å². The van der Waals surface area contributed by atoms with E-state index in [2.05, 4.69) is 6.58 Å². The van der Waals surface area contributed by atoms with Gasteiger partial charge in [0.05, 0.1) is 28.8 Å². The van der Waals surface area contributed by atoms with Gasteiger partial charge in [-0.1, -0.05) is 31.7 Å². The number of hydrogen-bond donors (Lipinski definition) is 3. The highest BCUT2D eigenvalue weighted by molar-refractivity contribution is 5.89. The molecule has 3 N–H and O–H groups in total. The predicted molar refractivity (Wildman–Crippen MR) is 145 cm³/mol. The summed E-state index contributed by atoms with van der Waals surface area (Å²) in [4.78, 5) is 38.4. The second-order valence-corrected chi connectivity index (χ2v) is 12.2. The van der Waals surface area contributed by atoms with Crippen LogP contribution in [0.1, 0.15) is 64.7 Å². The lowest BCUT2D eigenvalue weighted by Gasteiger charge is -2.52. The van der Waals surface area contributed by atoms with E-state index in [9.17, 15) is 29.7 Å². The Morgan fingerprint density at radius 1 is 1.00 bits per heavy atom. The number of carbonyl (C=O) groups excluding carboxylic acids is 3. The van der Waals surface area contributed by atoms with Crippen molar-refractivity contribution in [2.75, 3.05) is 0 Å². The molecule has 0 spiro atoms. The van der Waals surface area contributed by atoms with Gasteiger partial charge in [0.15, 0.2) is 12.2 Å². The van der Waals surface area contributed by atoms with Gasteiger partial charge in [0.25, 0.3) is 0 Å². The molecule has 2 saturated carbocycles. The number of fused-ring (bicyclic) bond motifs is 2. The zero-order valence-corrected chi connectivity index (χ0v) is 23.9. The summed E-state index contributed by atoms with van der Waals surface area (Å²) in [6.07, 6.45) is -5.04. The lowest BCUT2D eigenvalue weighted by atomic mass is 9.58. The molecule has 9 atom stereocenters. The van der Waals surface area contributed by atoms with E-state index < -0.39 is 77.2 Å². The lowest BCUT2D eigenvalue weighted by molar-refractivity contribution is -0.195. The molecule has 1 aromatic carbocycles. The predicted octanol–water partition coefficient (Wildman–Crippen LogP) is 3.12. The Morgan fingerprint density at radius 3 is 2.15 bits per heavy atom. The molecule has 0 aliphatic heterocycles. The molecule has 40 heavy (non-hydrogen) atoms. The highest BCUT2D eigenvalue weighted by Gasteiger charge is 2.65. The third-order valence-corrected chi connectivity index (χ3v) is 9.17. The fraction of sp³-hybridized carbons (Fsp3) is 0.581. The van der Waals surface area contributed by atoms with Gasteiger partial charge in [-0.15, -0.1) is 0 Å². The Morgan fingerprint density at radius 2 is 1.60 bits per heavy atom. The summed E-state index contributed by atoms with van der Waals surface area (Å²) in [7, 11) is 0. The molecule has 3 aliphatic rings. The number of carbonyl (C=O) groups is 3. The van der Waals surface area contributed by atoms with Gasteiger partial charge >= 0.3 is 17.9 Å². The highest BCUT2D eigenvalue weighted by atomic mass is 16.6. The van der Waals surface area contributed by atoms with Crippen LogP contribution in [0.4, 0.5) is 0 Å². The number of esters is 3. The van der Waals surface area contributed by atoms with E-state index in [1.807, 2.05) is 0 Å². The number of aliphatic hydroxyl groups is 3. The molecule has 0 radical (unpaired) electrons. The van der Waals surface area contributed by atoms with Gasteiger partial charge in [0.1, 0.15) is 6.10 Å². The average Bonchev–Trinajstić information content (AvgIpc) is 3.06. The molecule has 0 aromatic heterocycles. The van der Waals surface area contributed by atoms with Gasteiger partial charge in [-0.25, -0.2) is 4.79 Å². The summed E-state index contributed by atoms with van der Waals surface area (Å²) in [6, 6.07) is 8.37. The maximum atomic E-state index is 13.5. The van der Waals surface area contributed by atoms with Crippen LogP contribution in [0, 0.1) is 23.2 Å². The van der Waals surface area contributed by atoms with Crippen molar-refractivity contribution in [2.45, 2.75) is 90.5 Å². The molecule has 3 unspecified atom stereocenters. The van der Waals surface area contributed by atoms with Crippen molar-refractivity contribution in [2.24, 2.45) is 23.2 Å². The molecule has 9 heteroatoms. The van der Waals surface area contributed by atoms with Crippen molar-refractivity contribution in [3.8, 4) is 0 Å². The Bertz CT molecular complexity index is 1210. The first-order valence-electron chi connectivity index (χ1n) is 13.7. The molecule has 0 saturated heterocycles. The summed E-state index contributed by atoms with van der Waals surface area (Å²) in [5, 5.41) is 33.6. The summed E-state index contributed by atoms with van der Waals surface area (Å²) in [6.45, 7) is 13.4. The fourth-order valence-electron chi connectivity index (χ4n) is 7.35. The smallest absolute Gasteiger partial charge is 0.338 e. The normalized spacial score (nSPS) is 35.8. The average molecular weight is 557 g/mol. The lowest BCUT2D eigenvalue weighted by Crippen LogP contribution is -2.60. The number of ether oxygens (including phenoxy) is 3. The van der Waals surface area contributed by atoms with Crippen LogP contribution in [-0.4, -0.2) is 69.3 Å². The van der Waals surface area contributed by atoms with Gasteiger partial charge in [0.2, 0.25) is 0 Å². The van der Waals surface area contributed by atoms with Crippen molar-refractivity contribution in [3.05, 3.63) is 59.2 Å². The zero-order chi connectivity index (χ0) is 29.7. The molecule has 2 fully saturated rings. The van der Waals surface area contributed by atoms with Crippen LogP contribution < -0.4 is 0 Å². The largest absolute Gasteiger partial charge is 0.462 e. The second-order valence-electron chi connectivity index (χ2n) is 12.2. The van der Waals surface area contributed by atoms with Crippen LogP contribution >= 0.6 is 0 Å². The van der Waals surface area contributed by atoms with E-state index in [4.69, 9.17) is 14.2 Å². The number of rotatable bonds is 5. The molecule has 4 rings (SSSR count). The third-order valence-electron chi connectivity index (χ3n) is 9.17. The molecule has 1 aromatic rings. The van der Waals surface area contributed by atoms with E-state index >= 15 is 0 Å². The molecule has 218 valence electrons. The van der Waals surface area contributed by atoms with Gasteiger partial charge < -0.3 is 29.5 Å². The minimum atomic E-state index is -1.34. The molecule has 0 bridgehead atoms. The van der Waals surface area contributed by atoms with Crippen molar-refractivity contribution in [1.82, 2.24) is 0 Å². The van der Waals surface area contributed by atoms with Crippen LogP contribution in [0.5, 0.6) is 0 Å². The Balaban J connectivity index is 1.98. The summed E-state index contributed by atoms with van der Waals surface area (Å²) < 4.78 is 18.0. The summed E-state index contributed by atoms with van der Waals surface area (Å²) >= 11 is 0. The minimum Gasteiger partial charge on any atom is -0.462 e. The Hall–Kier alpha value is -3.01. The first-order chi connectivity index (χ1) is 18.6. The van der Waals surface area contributed by atoms with Crippen LogP contribution in [0.25, 0.3) is 0 Å². The quantitative estimate of drug-likeness (QED) is 0.284. The summed E-state index contributed by atoms with van der Waals surface area (Å²) in [5.74, 6) is -3.70. The second kappa shape index (κ2) is 10.8. The van der Waals surface area contributed by atoms with Crippen LogP contribution in [0.3, 0.4) is 0 Å². The first-order valence-corrected chi connectivity index (χ1v) is 13.7. The standard InChI is InChI=1S/C31H40O9/c1-15-21-13-20-24(16(2)26(35)25(20)30(5,6)37)27(40-29(36)19-11-9-8-10-12-19)28(39-18(4)33)31(21,7)23(14-22(15)34)38-17(3)32/h8-12,20-23,25-28,34-35,37H,1,13-14H2,2-7H3/t20?,21?,22-,23-,25+,26?,27+,28-,31-/m0/s1. The van der Waals surface area contributed by atoms with E-state index in [1.54, 1.807) is 58.0 Å². The van der Waals surface area contributed by atoms with E-state index in [1.165, 1.54) is 13.8 Å². The van der Waals surface area contributed by atoms with Gasteiger partial charge in [-0.3, -0.25) is 9.59 Å². The third kappa shape index (κ3) is 5.10. The molecule has 9 nitrogen and oxygen atoms in total. The molecular weight excluding hydrogens is 516 g/mol. The zero-order valence-electron chi connectivity index (χ0n) is 23.9. The van der Waals surface area contributed by atoms with Crippen molar-refractivity contribution < 1.29 is 43.9 Å². The Labute approximate surface area is 234 Å². The first kappa shape index (κ1) is 30.0. The van der Waals surface area contributed by atoms with Gasteiger partial charge in [-0.2, -0.15) is 0 Å². The number of benzene rings is 1. The molecular formula is C31H40O9. The van der Waals surface area contributed by atoms with Crippen molar-refractivity contribution in [1.29, 1.82) is 0 Å². The van der Waals surface area contributed by atoms with Crippen LogP contribution in [0.2, 0.25) is 0 Å². The van der Waals surface area contributed by atoms with Gasteiger partial charge in [-0.05, 0) is 67.9 Å². The monoisotopic (exact) mass is 556 g/mol. The van der Waals surface area contributed by atoms with Crippen LogP contribution in [0.15, 0.2) is 53.6 Å². The van der Waals surface area contributed by atoms with Crippen LogP contribution in [-0.2, 0) is 23.8 Å². The molecule has 0 heterocycles. The summed E-state index contributed by atoms with van der Waals surface area (Å²) in [5.41, 5.74) is -0.717. The SMILES string of the molecule is C=C1C2CC3C(=C(C)C(O)[C@@H]3C(C)(C)O)[C@@H](OC(=O)c3ccccc3)[C@H](OC(C)=O)[C@]2(C)[C@@H](OC(C)=O)C[C@@H]1O. The fourth-order valence-corrected chi connectivity index (χ4v) is 7.35. The highest BCUT2D eigenvalue weighted by Crippen LogP contribution is 2.60.